The minimum Gasteiger partial charge on any atom is -0.488 e. The number of carboxylic acid groups (broad SMARTS) is 1. The summed E-state index contributed by atoms with van der Waals surface area (Å²) >= 11 is 3.18. The second kappa shape index (κ2) is 8.77. The SMILES string of the molecule is CCCN1CCC(=C2c3cc(SC(C)(C)C(=O)O)ccc3OCc3ccsc32)CC1. The normalized spacial score (nSPS) is 17.2. The van der Waals surface area contributed by atoms with Crippen molar-refractivity contribution >= 4 is 34.6 Å². The lowest BCUT2D eigenvalue weighted by atomic mass is 9.91. The molecular weight excluding hydrogens is 414 g/mol. The van der Waals surface area contributed by atoms with Crippen LogP contribution in [0.3, 0.4) is 0 Å². The van der Waals surface area contributed by atoms with E-state index in [1.807, 2.05) is 12.1 Å². The van der Waals surface area contributed by atoms with Gasteiger partial charge in [0.05, 0.1) is 0 Å². The van der Waals surface area contributed by atoms with E-state index in [2.05, 4.69) is 29.3 Å². The summed E-state index contributed by atoms with van der Waals surface area (Å²) in [5.74, 6) is 0.0930. The third kappa shape index (κ3) is 4.32. The van der Waals surface area contributed by atoms with Crippen LogP contribution in [0.2, 0.25) is 0 Å². The Morgan fingerprint density at radius 2 is 2.03 bits per heavy atom. The number of carboxylic acids is 1. The molecule has 2 aliphatic rings. The van der Waals surface area contributed by atoms with Crippen molar-refractivity contribution in [3.05, 3.63) is 51.2 Å². The molecule has 0 saturated carbocycles. The summed E-state index contributed by atoms with van der Waals surface area (Å²) in [5, 5.41) is 11.7. The minimum absolute atomic E-state index is 0.581. The molecule has 4 rings (SSSR count). The quantitative estimate of drug-likeness (QED) is 0.583. The van der Waals surface area contributed by atoms with Crippen LogP contribution in [-0.4, -0.2) is 40.4 Å². The van der Waals surface area contributed by atoms with Gasteiger partial charge in [-0.3, -0.25) is 4.79 Å². The van der Waals surface area contributed by atoms with Gasteiger partial charge in [0.25, 0.3) is 0 Å². The molecule has 1 saturated heterocycles. The molecule has 0 amide bonds. The van der Waals surface area contributed by atoms with Crippen LogP contribution in [0.5, 0.6) is 5.75 Å². The molecule has 6 heteroatoms. The molecule has 0 aliphatic carbocycles. The number of thioether (sulfide) groups is 1. The standard InChI is InChI=1S/C24H29NO3S2/c1-4-10-25-11-7-16(8-12-25)21-19-14-18(30-24(2,3)23(26)27)5-6-20(19)28-15-17-9-13-29-22(17)21/h5-6,9,13-14H,4,7-8,10-12,15H2,1-3H3,(H,26,27). The van der Waals surface area contributed by atoms with Crippen molar-refractivity contribution in [2.24, 2.45) is 0 Å². The van der Waals surface area contributed by atoms with Crippen molar-refractivity contribution in [3.63, 3.8) is 0 Å². The molecule has 0 atom stereocenters. The number of piperidine rings is 1. The number of aliphatic carboxylic acids is 1. The number of ether oxygens (including phenoxy) is 1. The number of carbonyl (C=O) groups is 1. The maximum absolute atomic E-state index is 11.6. The van der Waals surface area contributed by atoms with Crippen LogP contribution in [0.1, 0.15) is 56.0 Å². The largest absolute Gasteiger partial charge is 0.488 e. The van der Waals surface area contributed by atoms with Gasteiger partial charge < -0.3 is 14.7 Å². The van der Waals surface area contributed by atoms with E-state index >= 15 is 0 Å². The molecule has 30 heavy (non-hydrogen) atoms. The van der Waals surface area contributed by atoms with Crippen LogP contribution in [-0.2, 0) is 11.4 Å². The summed E-state index contributed by atoms with van der Waals surface area (Å²) in [5.41, 5.74) is 5.17. The lowest BCUT2D eigenvalue weighted by Crippen LogP contribution is -2.31. The summed E-state index contributed by atoms with van der Waals surface area (Å²) in [6.07, 6.45) is 3.34. The van der Waals surface area contributed by atoms with Gasteiger partial charge in [-0.15, -0.1) is 23.1 Å². The average Bonchev–Trinajstić information content (AvgIpc) is 3.11. The zero-order valence-electron chi connectivity index (χ0n) is 17.9. The highest BCUT2D eigenvalue weighted by molar-refractivity contribution is 8.01. The van der Waals surface area contributed by atoms with E-state index in [1.54, 1.807) is 25.2 Å². The van der Waals surface area contributed by atoms with Crippen LogP contribution in [0.15, 0.2) is 40.1 Å². The number of nitrogens with zero attached hydrogens (tertiary/aromatic N) is 1. The highest BCUT2D eigenvalue weighted by Gasteiger charge is 2.30. The van der Waals surface area contributed by atoms with Crippen LogP contribution in [0.25, 0.3) is 5.57 Å². The Hall–Kier alpha value is -1.76. The molecule has 2 aliphatic heterocycles. The zero-order valence-corrected chi connectivity index (χ0v) is 19.5. The number of rotatable bonds is 5. The minimum atomic E-state index is -0.882. The summed E-state index contributed by atoms with van der Waals surface area (Å²) in [4.78, 5) is 16.5. The smallest absolute Gasteiger partial charge is 0.319 e. The molecule has 160 valence electrons. The third-order valence-corrected chi connectivity index (χ3v) is 7.97. The van der Waals surface area contributed by atoms with E-state index in [1.165, 1.54) is 39.8 Å². The molecule has 0 spiro atoms. The molecular formula is C24H29NO3S2. The van der Waals surface area contributed by atoms with Gasteiger partial charge in [-0.25, -0.2) is 0 Å². The number of benzene rings is 1. The highest BCUT2D eigenvalue weighted by atomic mass is 32.2. The Labute approximate surface area is 186 Å². The van der Waals surface area contributed by atoms with Crippen LogP contribution in [0.4, 0.5) is 0 Å². The monoisotopic (exact) mass is 443 g/mol. The van der Waals surface area contributed by atoms with E-state index in [9.17, 15) is 9.90 Å². The van der Waals surface area contributed by atoms with Crippen molar-refractivity contribution < 1.29 is 14.6 Å². The van der Waals surface area contributed by atoms with E-state index in [4.69, 9.17) is 4.74 Å². The molecule has 0 unspecified atom stereocenters. The Balaban J connectivity index is 1.77. The fourth-order valence-electron chi connectivity index (χ4n) is 4.14. The second-order valence-corrected chi connectivity index (χ2v) is 11.1. The Bertz CT molecular complexity index is 967. The summed E-state index contributed by atoms with van der Waals surface area (Å²) < 4.78 is 5.30. The number of fused-ring (bicyclic) bond motifs is 2. The fourth-order valence-corrected chi connectivity index (χ4v) is 6.15. The van der Waals surface area contributed by atoms with Crippen LogP contribution in [0, 0.1) is 0 Å². The van der Waals surface area contributed by atoms with E-state index in [-0.39, 0.29) is 0 Å². The van der Waals surface area contributed by atoms with Gasteiger partial charge in [0.15, 0.2) is 0 Å². The maximum Gasteiger partial charge on any atom is 0.319 e. The van der Waals surface area contributed by atoms with E-state index in [0.29, 0.717) is 6.61 Å². The van der Waals surface area contributed by atoms with Crippen molar-refractivity contribution in [3.8, 4) is 5.75 Å². The first-order valence-corrected chi connectivity index (χ1v) is 12.3. The van der Waals surface area contributed by atoms with Crippen LogP contribution >= 0.6 is 23.1 Å². The van der Waals surface area contributed by atoms with Gasteiger partial charge in [0.2, 0.25) is 0 Å². The highest BCUT2D eigenvalue weighted by Crippen LogP contribution is 2.45. The van der Waals surface area contributed by atoms with E-state index in [0.717, 1.165) is 48.7 Å². The molecule has 1 aromatic heterocycles. The van der Waals surface area contributed by atoms with Gasteiger partial charge in [-0.2, -0.15) is 0 Å². The summed E-state index contributed by atoms with van der Waals surface area (Å²) in [7, 11) is 0. The topological polar surface area (TPSA) is 49.8 Å². The molecule has 0 bridgehead atoms. The molecule has 0 radical (unpaired) electrons. The predicted molar refractivity (Wildman–Crippen MR) is 125 cm³/mol. The molecule has 1 fully saturated rings. The van der Waals surface area contributed by atoms with Gasteiger partial charge in [0, 0.05) is 39.6 Å². The first-order chi connectivity index (χ1) is 14.4. The van der Waals surface area contributed by atoms with Gasteiger partial charge in [-0.1, -0.05) is 12.5 Å². The number of thiophene rings is 1. The van der Waals surface area contributed by atoms with Crippen molar-refractivity contribution in [1.82, 2.24) is 4.90 Å². The lowest BCUT2D eigenvalue weighted by molar-refractivity contribution is -0.138. The van der Waals surface area contributed by atoms with Gasteiger partial charge in [-0.05, 0) is 69.3 Å². The summed E-state index contributed by atoms with van der Waals surface area (Å²) in [6, 6.07) is 8.31. The van der Waals surface area contributed by atoms with Gasteiger partial charge in [0.1, 0.15) is 17.1 Å². The molecule has 4 nitrogen and oxygen atoms in total. The maximum atomic E-state index is 11.6. The molecule has 2 aromatic rings. The lowest BCUT2D eigenvalue weighted by Gasteiger charge is -2.29. The zero-order chi connectivity index (χ0) is 21.3. The first kappa shape index (κ1) is 21.5. The number of hydrogen-bond donors (Lipinski definition) is 1. The summed E-state index contributed by atoms with van der Waals surface area (Å²) in [6.45, 7) is 9.69. The molecule has 1 N–H and O–H groups in total. The Morgan fingerprint density at radius 1 is 1.27 bits per heavy atom. The Morgan fingerprint density at radius 3 is 2.73 bits per heavy atom. The van der Waals surface area contributed by atoms with E-state index < -0.39 is 10.7 Å². The van der Waals surface area contributed by atoms with Crippen LogP contribution < -0.4 is 4.74 Å². The fraction of sp³-hybridized carbons (Fsp3) is 0.458. The second-order valence-electron chi connectivity index (χ2n) is 8.46. The first-order valence-electron chi connectivity index (χ1n) is 10.6. The number of likely N-dealkylation sites (tertiary alicyclic amines) is 1. The average molecular weight is 444 g/mol. The molecule has 1 aromatic carbocycles. The van der Waals surface area contributed by atoms with Gasteiger partial charge >= 0.3 is 5.97 Å². The van der Waals surface area contributed by atoms with Crippen molar-refractivity contribution in [1.29, 1.82) is 0 Å². The molecule has 3 heterocycles. The predicted octanol–water partition coefficient (Wildman–Crippen LogP) is 5.90. The Kier molecular flexibility index (Phi) is 6.28. The van der Waals surface area contributed by atoms with Crippen molar-refractivity contribution in [2.75, 3.05) is 19.6 Å². The number of hydrogen-bond acceptors (Lipinski definition) is 5. The van der Waals surface area contributed by atoms with Crippen molar-refractivity contribution in [2.45, 2.75) is 56.3 Å². The third-order valence-electron chi connectivity index (χ3n) is 5.82.